The molecule has 2 atom stereocenters. The van der Waals surface area contributed by atoms with Gasteiger partial charge in [0, 0.05) is 37.6 Å². The highest BCUT2D eigenvalue weighted by atomic mass is 16.5. The molecule has 1 aliphatic rings. The van der Waals surface area contributed by atoms with Gasteiger partial charge in [0.2, 0.25) is 5.91 Å². The molecule has 1 aromatic carbocycles. The van der Waals surface area contributed by atoms with Crippen LogP contribution in [0.25, 0.3) is 11.1 Å². The average Bonchev–Trinajstić information content (AvgIpc) is 2.90. The third kappa shape index (κ3) is 4.16. The fourth-order valence-electron chi connectivity index (χ4n) is 4.04. The summed E-state index contributed by atoms with van der Waals surface area (Å²) in [6.07, 6.45) is 2.55. The zero-order chi connectivity index (χ0) is 22.8. The van der Waals surface area contributed by atoms with Crippen LogP contribution in [0, 0.1) is 6.92 Å². The Morgan fingerprint density at radius 1 is 1.19 bits per heavy atom. The Morgan fingerprint density at radius 2 is 2.00 bits per heavy atom. The summed E-state index contributed by atoms with van der Waals surface area (Å²) < 4.78 is 13.6. The molecular weight excluding hydrogens is 406 g/mol. The van der Waals surface area contributed by atoms with Crippen molar-refractivity contribution < 1.29 is 14.3 Å². The Balaban J connectivity index is 1.95. The lowest BCUT2D eigenvalue weighted by Crippen LogP contribution is -2.26. The summed E-state index contributed by atoms with van der Waals surface area (Å²) >= 11 is 0. The molecule has 1 amide bonds. The van der Waals surface area contributed by atoms with Gasteiger partial charge in [0.05, 0.1) is 25.3 Å². The third-order valence-electron chi connectivity index (χ3n) is 5.69. The third-order valence-corrected chi connectivity index (χ3v) is 5.69. The number of hydrogen-bond donors (Lipinski definition) is 1. The Bertz CT molecular complexity index is 1200. The van der Waals surface area contributed by atoms with Crippen molar-refractivity contribution in [2.45, 2.75) is 32.5 Å². The quantitative estimate of drug-likeness (QED) is 0.666. The van der Waals surface area contributed by atoms with Crippen LogP contribution in [0.3, 0.4) is 0 Å². The lowest BCUT2D eigenvalue weighted by atomic mass is 9.92. The van der Waals surface area contributed by atoms with Crippen LogP contribution in [-0.2, 0) is 16.6 Å². The van der Waals surface area contributed by atoms with Gasteiger partial charge in [0.15, 0.2) is 0 Å². The highest BCUT2D eigenvalue weighted by molar-refractivity contribution is 5.78. The van der Waals surface area contributed by atoms with Crippen molar-refractivity contribution >= 4 is 5.91 Å². The molecule has 0 bridgehead atoms. The van der Waals surface area contributed by atoms with Gasteiger partial charge in [-0.25, -0.2) is 0 Å². The normalized spacial score (nSPS) is 17.1. The molecule has 1 N–H and O–H groups in total. The first-order valence-electron chi connectivity index (χ1n) is 10.6. The predicted molar refractivity (Wildman–Crippen MR) is 122 cm³/mol. The molecular formula is C25H27N3O4. The molecule has 7 heteroatoms. The minimum Gasteiger partial charge on any atom is -0.497 e. The largest absolute Gasteiger partial charge is 0.497 e. The van der Waals surface area contributed by atoms with E-state index in [0.29, 0.717) is 17.9 Å². The molecule has 32 heavy (non-hydrogen) atoms. The van der Waals surface area contributed by atoms with Gasteiger partial charge in [-0.05, 0) is 54.3 Å². The van der Waals surface area contributed by atoms with Crippen molar-refractivity contribution in [2.75, 3.05) is 13.7 Å². The van der Waals surface area contributed by atoms with E-state index in [-0.39, 0.29) is 17.9 Å². The number of nitrogens with one attached hydrogen (secondary N) is 1. The van der Waals surface area contributed by atoms with Crippen molar-refractivity contribution in [1.29, 1.82) is 0 Å². The average molecular weight is 434 g/mol. The molecule has 3 aromatic rings. The number of carbonyl (C=O) groups is 1. The maximum absolute atomic E-state index is 12.5. The fourth-order valence-corrected chi connectivity index (χ4v) is 4.04. The number of aryl methyl sites for hydroxylation is 2. The predicted octanol–water partition coefficient (Wildman–Crippen LogP) is 3.45. The number of pyridine rings is 2. The molecule has 3 heterocycles. The molecule has 0 fully saturated rings. The number of amides is 1. The van der Waals surface area contributed by atoms with Crippen molar-refractivity contribution in [3.8, 4) is 16.9 Å². The number of aromatic nitrogens is 2. The van der Waals surface area contributed by atoms with Gasteiger partial charge in [-0.15, -0.1) is 0 Å². The van der Waals surface area contributed by atoms with Gasteiger partial charge in [-0.1, -0.05) is 12.1 Å². The van der Waals surface area contributed by atoms with E-state index in [1.807, 2.05) is 50.4 Å². The summed E-state index contributed by atoms with van der Waals surface area (Å²) in [5, 5.41) is 2.83. The van der Waals surface area contributed by atoms with Gasteiger partial charge in [0.1, 0.15) is 11.9 Å². The van der Waals surface area contributed by atoms with Crippen molar-refractivity contribution in [2.24, 2.45) is 7.05 Å². The number of methoxy groups -OCH3 is 1. The maximum atomic E-state index is 12.5. The Labute approximate surface area is 187 Å². The fraction of sp³-hybridized carbons (Fsp3) is 0.320. The Hall–Kier alpha value is -3.45. The number of benzene rings is 1. The van der Waals surface area contributed by atoms with E-state index in [9.17, 15) is 9.59 Å². The van der Waals surface area contributed by atoms with E-state index in [1.54, 1.807) is 31.0 Å². The lowest BCUT2D eigenvalue weighted by Gasteiger charge is -2.23. The summed E-state index contributed by atoms with van der Waals surface area (Å²) in [5.41, 5.74) is 4.95. The monoisotopic (exact) mass is 433 g/mol. The van der Waals surface area contributed by atoms with Crippen LogP contribution in [0.15, 0.2) is 53.6 Å². The number of hydrogen-bond acceptors (Lipinski definition) is 5. The number of ether oxygens (including phenoxy) is 2. The van der Waals surface area contributed by atoms with Crippen molar-refractivity contribution in [3.05, 3.63) is 81.5 Å². The van der Waals surface area contributed by atoms with Crippen LogP contribution < -0.4 is 15.6 Å². The first-order chi connectivity index (χ1) is 15.4. The highest BCUT2D eigenvalue weighted by Gasteiger charge is 2.33. The van der Waals surface area contributed by atoms with Crippen LogP contribution in [0.1, 0.15) is 47.9 Å². The Morgan fingerprint density at radius 3 is 2.69 bits per heavy atom. The van der Waals surface area contributed by atoms with E-state index < -0.39 is 12.2 Å². The lowest BCUT2D eigenvalue weighted by molar-refractivity contribution is -0.125. The van der Waals surface area contributed by atoms with Gasteiger partial charge in [-0.3, -0.25) is 14.6 Å². The first kappa shape index (κ1) is 21.8. The second kappa shape index (κ2) is 8.96. The Kier molecular flexibility index (Phi) is 6.10. The van der Waals surface area contributed by atoms with Gasteiger partial charge >= 0.3 is 0 Å². The van der Waals surface area contributed by atoms with Crippen LogP contribution in [0.2, 0.25) is 0 Å². The zero-order valence-electron chi connectivity index (χ0n) is 18.7. The van der Waals surface area contributed by atoms with Crippen LogP contribution >= 0.6 is 0 Å². The summed E-state index contributed by atoms with van der Waals surface area (Å²) in [5.74, 6) is 0.557. The second-order valence-electron chi connectivity index (χ2n) is 7.97. The second-order valence-corrected chi connectivity index (χ2v) is 7.97. The summed E-state index contributed by atoms with van der Waals surface area (Å²) in [7, 11) is 3.34. The van der Waals surface area contributed by atoms with Crippen LogP contribution in [0.4, 0.5) is 0 Å². The molecule has 0 saturated carbocycles. The first-order valence-corrected chi connectivity index (χ1v) is 10.6. The molecule has 0 unspecified atom stereocenters. The standard InChI is InChI=1S/C25H27N3O4/c1-5-26-23(29)12-22-18-11-24(30)28(3)14-20(18)17-8-7-16(31-4)10-19(17)25(32-22)21-9-6-15(2)13-27-21/h6-11,13-14,22,25H,5,12H2,1-4H3,(H,26,29)/t22-,25-/m0/s1. The molecule has 7 nitrogen and oxygen atoms in total. The molecule has 0 aliphatic carbocycles. The van der Waals surface area contributed by atoms with Gasteiger partial charge in [-0.2, -0.15) is 0 Å². The van der Waals surface area contributed by atoms with E-state index in [4.69, 9.17) is 9.47 Å². The molecule has 2 aromatic heterocycles. The van der Waals surface area contributed by atoms with E-state index in [2.05, 4.69) is 10.3 Å². The number of rotatable bonds is 5. The van der Waals surface area contributed by atoms with Crippen LogP contribution in [0.5, 0.6) is 5.75 Å². The van der Waals surface area contributed by atoms with E-state index in [0.717, 1.165) is 27.9 Å². The summed E-state index contributed by atoms with van der Waals surface area (Å²) in [6, 6.07) is 11.3. The van der Waals surface area contributed by atoms with Gasteiger partial charge < -0.3 is 19.4 Å². The molecule has 0 saturated heterocycles. The maximum Gasteiger partial charge on any atom is 0.250 e. The number of carbonyl (C=O) groups excluding carboxylic acids is 1. The van der Waals surface area contributed by atoms with Crippen molar-refractivity contribution in [3.63, 3.8) is 0 Å². The molecule has 1 aliphatic heterocycles. The SMILES string of the molecule is CCNC(=O)C[C@@H]1O[C@H](c2ccc(C)cn2)c2cc(OC)ccc2-c2cn(C)c(=O)cc21. The van der Waals surface area contributed by atoms with Gasteiger partial charge in [0.25, 0.3) is 5.56 Å². The topological polar surface area (TPSA) is 82.4 Å². The van der Waals surface area contributed by atoms with E-state index >= 15 is 0 Å². The molecule has 166 valence electrons. The number of fused-ring (bicyclic) bond motifs is 3. The zero-order valence-corrected chi connectivity index (χ0v) is 18.7. The minimum absolute atomic E-state index is 0.0987. The summed E-state index contributed by atoms with van der Waals surface area (Å²) in [4.78, 5) is 29.7. The number of nitrogens with zero attached hydrogens (tertiary/aromatic N) is 2. The minimum atomic E-state index is -0.614. The van der Waals surface area contributed by atoms with E-state index in [1.165, 1.54) is 0 Å². The molecule has 0 radical (unpaired) electrons. The van der Waals surface area contributed by atoms with Crippen molar-refractivity contribution in [1.82, 2.24) is 14.9 Å². The molecule has 4 rings (SSSR count). The smallest absolute Gasteiger partial charge is 0.250 e. The highest BCUT2D eigenvalue weighted by Crippen LogP contribution is 2.45. The molecule has 0 spiro atoms. The summed E-state index contributed by atoms with van der Waals surface area (Å²) in [6.45, 7) is 4.37. The van der Waals surface area contributed by atoms with Crippen LogP contribution in [-0.4, -0.2) is 29.1 Å².